The van der Waals surface area contributed by atoms with Gasteiger partial charge in [0.05, 0.1) is 11.4 Å². The molecule has 1 aliphatic rings. The number of hydrogen-bond donors (Lipinski definition) is 1. The Morgan fingerprint density at radius 1 is 1.29 bits per heavy atom. The van der Waals surface area contributed by atoms with Crippen molar-refractivity contribution in [2.75, 3.05) is 0 Å². The van der Waals surface area contributed by atoms with E-state index in [1.165, 1.54) is 5.69 Å². The zero-order valence-electron chi connectivity index (χ0n) is 12.0. The Labute approximate surface area is 105 Å². The fourth-order valence-electron chi connectivity index (χ4n) is 2.93. The molecule has 0 unspecified atom stereocenters. The van der Waals surface area contributed by atoms with E-state index in [4.69, 9.17) is 0 Å². The fraction of sp³-hybridized carbons (Fsp3) is 0.786. The molecule has 1 heterocycles. The van der Waals surface area contributed by atoms with E-state index in [-0.39, 0.29) is 0 Å². The molecule has 0 aromatic carbocycles. The smallest absolute Gasteiger partial charge is 0.0597 e. The van der Waals surface area contributed by atoms with Crippen molar-refractivity contribution in [3.05, 3.63) is 17.5 Å². The Hall–Kier alpha value is -0.830. The van der Waals surface area contributed by atoms with E-state index in [9.17, 15) is 0 Å². The van der Waals surface area contributed by atoms with Crippen molar-refractivity contribution in [3.63, 3.8) is 0 Å². The highest BCUT2D eigenvalue weighted by Crippen LogP contribution is 2.62. The predicted octanol–water partition coefficient (Wildman–Crippen LogP) is 2.74. The molecular weight excluding hydrogens is 210 g/mol. The number of aromatic nitrogens is 2. The molecule has 0 saturated heterocycles. The van der Waals surface area contributed by atoms with Gasteiger partial charge in [0.25, 0.3) is 0 Å². The van der Waals surface area contributed by atoms with Gasteiger partial charge in [-0.05, 0) is 30.7 Å². The van der Waals surface area contributed by atoms with Crippen LogP contribution in [0.25, 0.3) is 0 Å². The van der Waals surface area contributed by atoms with E-state index in [0.29, 0.717) is 16.9 Å². The van der Waals surface area contributed by atoms with Crippen molar-refractivity contribution in [3.8, 4) is 0 Å². The fourth-order valence-corrected chi connectivity index (χ4v) is 2.93. The summed E-state index contributed by atoms with van der Waals surface area (Å²) in [4.78, 5) is 0. The van der Waals surface area contributed by atoms with Gasteiger partial charge in [-0.2, -0.15) is 5.10 Å². The number of nitrogens with one attached hydrogen (secondary N) is 1. The van der Waals surface area contributed by atoms with Crippen LogP contribution in [0.2, 0.25) is 0 Å². The summed E-state index contributed by atoms with van der Waals surface area (Å²) in [6.45, 7) is 15.4. The molecule has 3 nitrogen and oxygen atoms in total. The molecule has 2 rings (SSSR count). The standard InChI is InChI=1S/C14H25N3/c1-7-17-11(8-10(2)16-17)9-15-12-13(3,4)14(12,5)6/h8,12,15H,7,9H2,1-6H3. The lowest BCUT2D eigenvalue weighted by atomic mass is 10.0. The summed E-state index contributed by atoms with van der Waals surface area (Å²) in [5.74, 6) is 0. The summed E-state index contributed by atoms with van der Waals surface area (Å²) >= 11 is 0. The van der Waals surface area contributed by atoms with Gasteiger partial charge in [-0.15, -0.1) is 0 Å². The minimum absolute atomic E-state index is 0.402. The summed E-state index contributed by atoms with van der Waals surface area (Å²) in [6, 6.07) is 2.79. The summed E-state index contributed by atoms with van der Waals surface area (Å²) in [5.41, 5.74) is 3.21. The lowest BCUT2D eigenvalue weighted by Gasteiger charge is -2.08. The molecule has 0 bridgehead atoms. The van der Waals surface area contributed by atoms with Crippen molar-refractivity contribution in [1.29, 1.82) is 0 Å². The highest BCUT2D eigenvalue weighted by atomic mass is 15.3. The van der Waals surface area contributed by atoms with Crippen molar-refractivity contribution in [2.24, 2.45) is 10.8 Å². The van der Waals surface area contributed by atoms with Gasteiger partial charge in [0.2, 0.25) is 0 Å². The van der Waals surface area contributed by atoms with Crippen molar-refractivity contribution in [2.45, 2.75) is 60.7 Å². The van der Waals surface area contributed by atoms with Gasteiger partial charge in [0.15, 0.2) is 0 Å². The molecule has 1 aromatic rings. The Kier molecular flexibility index (Phi) is 2.85. The summed E-state index contributed by atoms with van der Waals surface area (Å²) in [7, 11) is 0. The molecule has 1 aliphatic carbocycles. The summed E-state index contributed by atoms with van der Waals surface area (Å²) < 4.78 is 2.09. The molecule has 96 valence electrons. The molecule has 0 aliphatic heterocycles. The second-order valence-electron chi connectivity index (χ2n) is 6.35. The van der Waals surface area contributed by atoms with Crippen molar-refractivity contribution in [1.82, 2.24) is 15.1 Å². The Balaban J connectivity index is 2.00. The molecule has 3 heteroatoms. The first-order valence-electron chi connectivity index (χ1n) is 6.57. The molecule has 1 aromatic heterocycles. The molecule has 0 atom stereocenters. The average molecular weight is 235 g/mol. The van der Waals surface area contributed by atoms with Gasteiger partial charge in [-0.1, -0.05) is 27.7 Å². The third kappa shape index (κ3) is 1.90. The minimum Gasteiger partial charge on any atom is -0.307 e. The van der Waals surface area contributed by atoms with Crippen LogP contribution in [0.1, 0.15) is 46.0 Å². The minimum atomic E-state index is 0.402. The maximum Gasteiger partial charge on any atom is 0.0597 e. The van der Waals surface area contributed by atoms with E-state index < -0.39 is 0 Å². The van der Waals surface area contributed by atoms with E-state index in [2.05, 4.69) is 62.7 Å². The van der Waals surface area contributed by atoms with Crippen molar-refractivity contribution < 1.29 is 0 Å². The van der Waals surface area contributed by atoms with Crippen LogP contribution in [0.5, 0.6) is 0 Å². The van der Waals surface area contributed by atoms with E-state index in [1.807, 2.05) is 0 Å². The molecule has 1 fully saturated rings. The zero-order chi connectivity index (χ0) is 12.8. The Morgan fingerprint density at radius 3 is 2.35 bits per heavy atom. The van der Waals surface area contributed by atoms with Gasteiger partial charge >= 0.3 is 0 Å². The van der Waals surface area contributed by atoms with E-state index in [0.717, 1.165) is 18.8 Å². The van der Waals surface area contributed by atoms with Gasteiger partial charge < -0.3 is 5.32 Å². The van der Waals surface area contributed by atoms with Gasteiger partial charge in [0, 0.05) is 19.1 Å². The molecule has 0 amide bonds. The van der Waals surface area contributed by atoms with E-state index in [1.54, 1.807) is 0 Å². The second-order valence-corrected chi connectivity index (χ2v) is 6.35. The predicted molar refractivity (Wildman–Crippen MR) is 70.8 cm³/mol. The SMILES string of the molecule is CCn1nc(C)cc1CNC1C(C)(C)C1(C)C. The van der Waals surface area contributed by atoms with Crippen LogP contribution < -0.4 is 5.32 Å². The first-order chi connectivity index (χ1) is 7.80. The van der Waals surface area contributed by atoms with Crippen LogP contribution in [0.4, 0.5) is 0 Å². The molecule has 0 radical (unpaired) electrons. The van der Waals surface area contributed by atoms with Gasteiger partial charge in [0.1, 0.15) is 0 Å². The monoisotopic (exact) mass is 235 g/mol. The van der Waals surface area contributed by atoms with Crippen LogP contribution in [0.3, 0.4) is 0 Å². The second kappa shape index (κ2) is 3.84. The molecular formula is C14H25N3. The highest BCUT2D eigenvalue weighted by Gasteiger charge is 2.64. The maximum atomic E-state index is 4.48. The normalized spacial score (nSPS) is 21.8. The van der Waals surface area contributed by atoms with Gasteiger partial charge in [-0.25, -0.2) is 0 Å². The average Bonchev–Trinajstić information content (AvgIpc) is 2.55. The molecule has 0 spiro atoms. The zero-order valence-corrected chi connectivity index (χ0v) is 12.0. The van der Waals surface area contributed by atoms with Crippen LogP contribution in [-0.4, -0.2) is 15.8 Å². The van der Waals surface area contributed by atoms with Crippen LogP contribution in [0.15, 0.2) is 6.07 Å². The molecule has 17 heavy (non-hydrogen) atoms. The number of hydrogen-bond acceptors (Lipinski definition) is 2. The third-order valence-corrected chi connectivity index (χ3v) is 4.79. The largest absolute Gasteiger partial charge is 0.307 e. The first-order valence-corrected chi connectivity index (χ1v) is 6.57. The van der Waals surface area contributed by atoms with Crippen LogP contribution in [-0.2, 0) is 13.1 Å². The molecule has 1 N–H and O–H groups in total. The number of aryl methyl sites for hydroxylation is 2. The third-order valence-electron chi connectivity index (χ3n) is 4.79. The number of rotatable bonds is 4. The number of nitrogens with zero attached hydrogens (tertiary/aromatic N) is 2. The van der Waals surface area contributed by atoms with Crippen LogP contribution in [0, 0.1) is 17.8 Å². The summed E-state index contributed by atoms with van der Waals surface area (Å²) in [5, 5.41) is 8.16. The highest BCUT2D eigenvalue weighted by molar-refractivity contribution is 5.19. The topological polar surface area (TPSA) is 29.9 Å². The summed E-state index contributed by atoms with van der Waals surface area (Å²) in [6.07, 6.45) is 0. The quantitative estimate of drug-likeness (QED) is 0.869. The van der Waals surface area contributed by atoms with Crippen molar-refractivity contribution >= 4 is 0 Å². The molecule has 1 saturated carbocycles. The Bertz CT molecular complexity index is 401. The lowest BCUT2D eigenvalue weighted by Crippen LogP contribution is -2.23. The first kappa shape index (κ1) is 12.6. The Morgan fingerprint density at radius 2 is 1.88 bits per heavy atom. The van der Waals surface area contributed by atoms with Crippen LogP contribution >= 0.6 is 0 Å². The van der Waals surface area contributed by atoms with E-state index >= 15 is 0 Å². The maximum absolute atomic E-state index is 4.48. The van der Waals surface area contributed by atoms with Gasteiger partial charge in [-0.3, -0.25) is 4.68 Å². The lowest BCUT2D eigenvalue weighted by molar-refractivity contribution is 0.457.